The molecule has 0 saturated carbocycles. The predicted octanol–water partition coefficient (Wildman–Crippen LogP) is 2.47. The lowest BCUT2D eigenvalue weighted by atomic mass is 10.2. The minimum atomic E-state index is -0.482. The van der Waals surface area contributed by atoms with Crippen molar-refractivity contribution in [3.05, 3.63) is 42.5 Å². The van der Waals surface area contributed by atoms with Gasteiger partial charge in [0.25, 0.3) is 0 Å². The van der Waals surface area contributed by atoms with Gasteiger partial charge >= 0.3 is 0 Å². The van der Waals surface area contributed by atoms with E-state index < -0.39 is 5.82 Å². The van der Waals surface area contributed by atoms with E-state index in [-0.39, 0.29) is 5.75 Å². The van der Waals surface area contributed by atoms with Gasteiger partial charge in [-0.1, -0.05) is 0 Å². The van der Waals surface area contributed by atoms with Crippen LogP contribution in [-0.2, 0) is 0 Å². The molecule has 0 amide bonds. The monoisotopic (exact) mass is 229 g/mol. The summed E-state index contributed by atoms with van der Waals surface area (Å²) >= 11 is 0. The highest BCUT2D eigenvalue weighted by molar-refractivity contribution is 5.79. The highest BCUT2D eigenvalue weighted by atomic mass is 19.1. The molecule has 84 valence electrons. The van der Waals surface area contributed by atoms with Gasteiger partial charge in [0.05, 0.1) is 22.8 Å². The van der Waals surface area contributed by atoms with Crippen LogP contribution in [-0.4, -0.2) is 20.1 Å². The molecule has 1 aromatic carbocycles. The summed E-state index contributed by atoms with van der Waals surface area (Å²) in [6.45, 7) is 0. The van der Waals surface area contributed by atoms with Crippen molar-refractivity contribution in [1.29, 1.82) is 0 Å². The molecular weight excluding hydrogens is 221 g/mol. The molecule has 0 aliphatic heterocycles. The average Bonchev–Trinajstić information content (AvgIpc) is 2.72. The summed E-state index contributed by atoms with van der Waals surface area (Å²) in [6.07, 6.45) is 3.28. The number of hydrogen-bond donors (Lipinski definition) is 2. The Bertz CT molecular complexity index is 660. The minimum Gasteiger partial charge on any atom is -0.507 e. The number of imidazole rings is 1. The molecule has 17 heavy (non-hydrogen) atoms. The number of rotatable bonds is 1. The van der Waals surface area contributed by atoms with Crippen molar-refractivity contribution in [2.45, 2.75) is 0 Å². The Morgan fingerprint density at radius 3 is 2.88 bits per heavy atom. The minimum absolute atomic E-state index is 0.142. The third-order valence-corrected chi connectivity index (χ3v) is 2.50. The second-order valence-corrected chi connectivity index (χ2v) is 3.64. The molecule has 0 atom stereocenters. The quantitative estimate of drug-likeness (QED) is 0.673. The summed E-state index contributed by atoms with van der Waals surface area (Å²) in [7, 11) is 0. The lowest BCUT2D eigenvalue weighted by Crippen LogP contribution is -1.83. The number of fused-ring (bicyclic) bond motifs is 1. The molecule has 3 aromatic rings. The molecule has 0 saturated heterocycles. The van der Waals surface area contributed by atoms with Crippen LogP contribution in [0.4, 0.5) is 4.39 Å². The molecule has 0 aliphatic carbocycles. The molecule has 0 unspecified atom stereocenters. The van der Waals surface area contributed by atoms with Gasteiger partial charge in [-0.3, -0.25) is 4.98 Å². The van der Waals surface area contributed by atoms with Crippen LogP contribution in [0.5, 0.6) is 5.75 Å². The Morgan fingerprint density at radius 1 is 1.24 bits per heavy atom. The van der Waals surface area contributed by atoms with E-state index in [1.807, 2.05) is 0 Å². The number of halogens is 1. The first-order valence-corrected chi connectivity index (χ1v) is 5.02. The number of hydrogen-bond acceptors (Lipinski definition) is 3. The lowest BCUT2D eigenvalue weighted by Gasteiger charge is -2.00. The Morgan fingerprint density at radius 2 is 2.12 bits per heavy atom. The number of nitrogens with zero attached hydrogens (tertiary/aromatic N) is 2. The van der Waals surface area contributed by atoms with E-state index in [1.165, 1.54) is 12.1 Å². The van der Waals surface area contributed by atoms with E-state index in [9.17, 15) is 9.50 Å². The van der Waals surface area contributed by atoms with Crippen molar-refractivity contribution >= 4 is 11.0 Å². The first-order valence-electron chi connectivity index (χ1n) is 5.02. The largest absolute Gasteiger partial charge is 0.507 e. The van der Waals surface area contributed by atoms with E-state index >= 15 is 0 Å². The number of pyridine rings is 1. The van der Waals surface area contributed by atoms with Crippen LogP contribution in [0.25, 0.3) is 22.4 Å². The zero-order valence-electron chi connectivity index (χ0n) is 8.68. The molecule has 0 radical (unpaired) electrons. The average molecular weight is 229 g/mol. The van der Waals surface area contributed by atoms with E-state index in [0.29, 0.717) is 11.4 Å². The maximum Gasteiger partial charge on any atom is 0.142 e. The summed E-state index contributed by atoms with van der Waals surface area (Å²) in [6, 6.07) is 5.58. The fourth-order valence-corrected chi connectivity index (χ4v) is 1.69. The highest BCUT2D eigenvalue weighted by Gasteiger charge is 2.09. The number of H-pyrrole nitrogens is 1. The number of aromatic hydroxyl groups is 1. The number of aromatic amines is 1. The number of phenolic OH excluding ortho intramolecular Hbond substituents is 1. The van der Waals surface area contributed by atoms with Crippen LogP contribution in [0.1, 0.15) is 0 Å². The summed E-state index contributed by atoms with van der Waals surface area (Å²) in [5, 5.41) is 9.65. The maximum absolute atomic E-state index is 12.9. The van der Waals surface area contributed by atoms with Crippen molar-refractivity contribution in [2.24, 2.45) is 0 Å². The Kier molecular flexibility index (Phi) is 2.04. The fraction of sp³-hybridized carbons (Fsp3) is 0. The van der Waals surface area contributed by atoms with Crippen molar-refractivity contribution in [3.8, 4) is 17.1 Å². The third-order valence-electron chi connectivity index (χ3n) is 2.50. The van der Waals surface area contributed by atoms with Crippen LogP contribution < -0.4 is 0 Å². The van der Waals surface area contributed by atoms with Crippen molar-refractivity contribution in [2.75, 3.05) is 0 Å². The molecule has 3 rings (SSSR count). The highest BCUT2D eigenvalue weighted by Crippen LogP contribution is 2.28. The Labute approximate surface area is 95.8 Å². The van der Waals surface area contributed by atoms with Gasteiger partial charge in [-0.15, -0.1) is 0 Å². The molecule has 5 heteroatoms. The Hall–Kier alpha value is -2.43. The Balaban J connectivity index is 2.20. The maximum atomic E-state index is 12.9. The van der Waals surface area contributed by atoms with Gasteiger partial charge in [-0.05, 0) is 18.2 Å². The molecular formula is C12H8FN3O. The van der Waals surface area contributed by atoms with Crippen molar-refractivity contribution in [3.63, 3.8) is 0 Å². The standard InChI is InChI=1S/C12H8FN3O/c13-7-1-2-8(11(17)5-7)12-15-9-3-4-14-6-10(9)16-12/h1-6,17H,(H,15,16). The van der Waals surface area contributed by atoms with Gasteiger partial charge in [-0.25, -0.2) is 9.37 Å². The SMILES string of the molecule is Oc1cc(F)ccc1-c1nc2ccncc2[nH]1. The van der Waals surface area contributed by atoms with Crippen LogP contribution in [0.2, 0.25) is 0 Å². The van der Waals surface area contributed by atoms with Gasteiger partial charge < -0.3 is 10.1 Å². The smallest absolute Gasteiger partial charge is 0.142 e. The zero-order chi connectivity index (χ0) is 11.8. The van der Waals surface area contributed by atoms with Gasteiger partial charge in [0.15, 0.2) is 0 Å². The second-order valence-electron chi connectivity index (χ2n) is 3.64. The number of benzene rings is 1. The summed E-state index contributed by atoms with van der Waals surface area (Å²) < 4.78 is 12.9. The molecule has 4 nitrogen and oxygen atoms in total. The molecule has 0 bridgehead atoms. The van der Waals surface area contributed by atoms with E-state index in [0.717, 1.165) is 17.1 Å². The van der Waals surface area contributed by atoms with Crippen LogP contribution in [0, 0.1) is 5.82 Å². The van der Waals surface area contributed by atoms with E-state index in [4.69, 9.17) is 0 Å². The first kappa shape index (κ1) is 9.77. The normalized spacial score (nSPS) is 10.9. The molecule has 0 fully saturated rings. The van der Waals surface area contributed by atoms with Gasteiger partial charge in [0.1, 0.15) is 17.4 Å². The molecule has 2 heterocycles. The van der Waals surface area contributed by atoms with Crippen LogP contribution >= 0.6 is 0 Å². The molecule has 0 aliphatic rings. The number of aromatic nitrogens is 3. The summed E-state index contributed by atoms with van der Waals surface area (Å²) in [5.41, 5.74) is 1.98. The zero-order valence-corrected chi connectivity index (χ0v) is 8.68. The molecule has 2 N–H and O–H groups in total. The number of phenols is 1. The fourth-order valence-electron chi connectivity index (χ4n) is 1.69. The van der Waals surface area contributed by atoms with Crippen LogP contribution in [0.3, 0.4) is 0 Å². The topological polar surface area (TPSA) is 61.8 Å². The van der Waals surface area contributed by atoms with Gasteiger partial charge in [0, 0.05) is 12.3 Å². The van der Waals surface area contributed by atoms with Crippen molar-refractivity contribution in [1.82, 2.24) is 15.0 Å². The van der Waals surface area contributed by atoms with Gasteiger partial charge in [0.2, 0.25) is 0 Å². The molecule has 2 aromatic heterocycles. The molecule has 0 spiro atoms. The van der Waals surface area contributed by atoms with E-state index in [1.54, 1.807) is 18.5 Å². The summed E-state index contributed by atoms with van der Waals surface area (Å²) in [4.78, 5) is 11.3. The second kappa shape index (κ2) is 3.55. The lowest BCUT2D eigenvalue weighted by molar-refractivity contribution is 0.471. The first-order chi connectivity index (χ1) is 8.24. The van der Waals surface area contributed by atoms with Gasteiger partial charge in [-0.2, -0.15) is 0 Å². The van der Waals surface area contributed by atoms with E-state index in [2.05, 4.69) is 15.0 Å². The predicted molar refractivity (Wildman–Crippen MR) is 60.9 cm³/mol. The van der Waals surface area contributed by atoms with Crippen molar-refractivity contribution < 1.29 is 9.50 Å². The summed E-state index contributed by atoms with van der Waals surface area (Å²) in [5.74, 6) is -0.133. The third kappa shape index (κ3) is 1.61. The van der Waals surface area contributed by atoms with Crippen LogP contribution in [0.15, 0.2) is 36.7 Å². The number of nitrogens with one attached hydrogen (secondary N) is 1.